The van der Waals surface area contributed by atoms with E-state index in [0.29, 0.717) is 22.7 Å². The van der Waals surface area contributed by atoms with Gasteiger partial charge in [-0.05, 0) is 54.1 Å². The zero-order valence-electron chi connectivity index (χ0n) is 19.0. The highest BCUT2D eigenvalue weighted by atomic mass is 19.3. The molecule has 0 aliphatic carbocycles. The molecule has 0 aliphatic rings. The summed E-state index contributed by atoms with van der Waals surface area (Å²) in [4.78, 5) is 24.4. The van der Waals surface area contributed by atoms with E-state index in [-0.39, 0.29) is 36.2 Å². The van der Waals surface area contributed by atoms with Crippen LogP contribution < -0.4 is 24.3 Å². The molecule has 0 aliphatic heterocycles. The fourth-order valence-corrected chi connectivity index (χ4v) is 2.96. The molecule has 0 spiro atoms. The Morgan fingerprint density at radius 2 is 1.66 bits per heavy atom. The number of esters is 1. The Bertz CT molecular complexity index is 1150. The van der Waals surface area contributed by atoms with E-state index >= 15 is 0 Å². The fraction of sp³-hybridized carbons (Fsp3) is 0.200. The molecule has 0 unspecified atom stereocenters. The molecular weight excluding hydrogens is 464 g/mol. The van der Waals surface area contributed by atoms with Crippen molar-refractivity contribution in [2.45, 2.75) is 13.2 Å². The molecule has 184 valence electrons. The molecule has 0 aromatic heterocycles. The summed E-state index contributed by atoms with van der Waals surface area (Å²) >= 11 is 0. The van der Waals surface area contributed by atoms with Crippen molar-refractivity contribution in [2.24, 2.45) is 0 Å². The highest BCUT2D eigenvalue weighted by molar-refractivity contribution is 5.92. The summed E-state index contributed by atoms with van der Waals surface area (Å²) in [6, 6.07) is 17.2. The number of carbonyl (C=O) groups is 2. The molecule has 0 heterocycles. The molecule has 1 amide bonds. The van der Waals surface area contributed by atoms with Crippen molar-refractivity contribution in [1.82, 2.24) is 0 Å². The van der Waals surface area contributed by atoms with Gasteiger partial charge < -0.3 is 29.0 Å². The van der Waals surface area contributed by atoms with Gasteiger partial charge in [0.15, 0.2) is 18.1 Å². The lowest BCUT2D eigenvalue weighted by Gasteiger charge is -2.12. The zero-order chi connectivity index (χ0) is 25.2. The summed E-state index contributed by atoms with van der Waals surface area (Å²) < 4.78 is 50.1. The lowest BCUT2D eigenvalue weighted by molar-refractivity contribution is -0.118. The van der Waals surface area contributed by atoms with E-state index in [1.165, 1.54) is 56.7 Å². The summed E-state index contributed by atoms with van der Waals surface area (Å²) in [5.41, 5.74) is 1.37. The molecule has 3 aromatic rings. The number of methoxy groups -OCH3 is 2. The largest absolute Gasteiger partial charge is 0.497 e. The molecule has 3 rings (SSSR count). The summed E-state index contributed by atoms with van der Waals surface area (Å²) in [7, 11) is 2.85. The second-order valence-corrected chi connectivity index (χ2v) is 7.03. The maximum absolute atomic E-state index is 12.4. The van der Waals surface area contributed by atoms with Crippen molar-refractivity contribution in [3.05, 3.63) is 77.9 Å². The van der Waals surface area contributed by atoms with Crippen LogP contribution >= 0.6 is 0 Å². The minimum atomic E-state index is -2.98. The van der Waals surface area contributed by atoms with Gasteiger partial charge in [0, 0.05) is 11.8 Å². The van der Waals surface area contributed by atoms with Crippen LogP contribution in [0.5, 0.6) is 23.0 Å². The first-order valence-corrected chi connectivity index (χ1v) is 10.3. The number of amides is 1. The van der Waals surface area contributed by atoms with Crippen molar-refractivity contribution < 1.29 is 42.1 Å². The number of anilines is 1. The van der Waals surface area contributed by atoms with Gasteiger partial charge >= 0.3 is 12.6 Å². The number of nitrogens with one attached hydrogen (secondary N) is 1. The molecule has 0 radical (unpaired) electrons. The van der Waals surface area contributed by atoms with Crippen LogP contribution in [0.4, 0.5) is 14.5 Å². The Morgan fingerprint density at radius 3 is 2.34 bits per heavy atom. The minimum absolute atomic E-state index is 0.0933. The average Bonchev–Trinajstić information content (AvgIpc) is 2.86. The molecule has 8 nitrogen and oxygen atoms in total. The normalized spacial score (nSPS) is 10.4. The van der Waals surface area contributed by atoms with Crippen LogP contribution in [-0.2, 0) is 16.1 Å². The van der Waals surface area contributed by atoms with Crippen molar-refractivity contribution in [1.29, 1.82) is 0 Å². The van der Waals surface area contributed by atoms with E-state index in [1.54, 1.807) is 24.3 Å². The quantitative estimate of drug-likeness (QED) is 0.393. The van der Waals surface area contributed by atoms with E-state index in [0.717, 1.165) is 0 Å². The first kappa shape index (κ1) is 25.3. The lowest BCUT2D eigenvalue weighted by atomic mass is 10.2. The number of ether oxygens (including phenoxy) is 5. The highest BCUT2D eigenvalue weighted by Gasteiger charge is 2.13. The third-order valence-corrected chi connectivity index (χ3v) is 4.63. The molecule has 0 fully saturated rings. The van der Waals surface area contributed by atoms with Crippen molar-refractivity contribution in [3.8, 4) is 23.0 Å². The standard InChI is InChI=1S/C25H23F2NO7/c1-31-20-5-3-4-18(13-20)28-23(29)15-33-19-9-7-17(8-10-19)24(30)34-14-16-6-11-21(35-25(26)27)22(12-16)32-2/h3-13,25H,14-15H2,1-2H3,(H,28,29). The van der Waals surface area contributed by atoms with E-state index < -0.39 is 12.6 Å². The molecule has 35 heavy (non-hydrogen) atoms. The van der Waals surface area contributed by atoms with Crippen molar-refractivity contribution in [2.75, 3.05) is 26.1 Å². The monoisotopic (exact) mass is 487 g/mol. The van der Waals surface area contributed by atoms with Gasteiger partial charge in [-0.25, -0.2) is 4.79 Å². The maximum Gasteiger partial charge on any atom is 0.387 e. The second-order valence-electron chi connectivity index (χ2n) is 7.03. The molecular formula is C25H23F2NO7. The van der Waals surface area contributed by atoms with E-state index in [1.807, 2.05) is 0 Å². The number of hydrogen-bond donors (Lipinski definition) is 1. The number of benzene rings is 3. The summed E-state index contributed by atoms with van der Waals surface area (Å²) in [6.45, 7) is -3.32. The van der Waals surface area contributed by atoms with Crippen LogP contribution in [-0.4, -0.2) is 39.3 Å². The minimum Gasteiger partial charge on any atom is -0.497 e. The molecule has 0 atom stereocenters. The summed E-state index contributed by atoms with van der Waals surface area (Å²) in [5, 5.41) is 2.70. The van der Waals surface area contributed by atoms with Crippen LogP contribution in [0.15, 0.2) is 66.7 Å². The first-order valence-electron chi connectivity index (χ1n) is 10.3. The lowest BCUT2D eigenvalue weighted by Crippen LogP contribution is -2.20. The van der Waals surface area contributed by atoms with Crippen LogP contribution in [0.25, 0.3) is 0 Å². The second kappa shape index (κ2) is 12.2. The molecule has 0 saturated carbocycles. The number of hydrogen-bond acceptors (Lipinski definition) is 7. The number of alkyl halides is 2. The first-order chi connectivity index (χ1) is 16.9. The third-order valence-electron chi connectivity index (χ3n) is 4.63. The third kappa shape index (κ3) is 7.60. The van der Waals surface area contributed by atoms with Gasteiger partial charge in [-0.1, -0.05) is 12.1 Å². The van der Waals surface area contributed by atoms with Crippen LogP contribution in [0, 0.1) is 0 Å². The molecule has 0 bridgehead atoms. The van der Waals surface area contributed by atoms with E-state index in [9.17, 15) is 18.4 Å². The van der Waals surface area contributed by atoms with Gasteiger partial charge in [-0.3, -0.25) is 4.79 Å². The predicted octanol–water partition coefficient (Wildman–Crippen LogP) is 4.68. The summed E-state index contributed by atoms with van der Waals surface area (Å²) in [6.07, 6.45) is 0. The molecule has 10 heteroatoms. The molecule has 1 N–H and O–H groups in total. The van der Waals surface area contributed by atoms with Crippen LogP contribution in [0.2, 0.25) is 0 Å². The molecule has 0 saturated heterocycles. The fourth-order valence-electron chi connectivity index (χ4n) is 2.96. The Hall–Kier alpha value is -4.34. The van der Waals surface area contributed by atoms with Crippen LogP contribution in [0.3, 0.4) is 0 Å². The van der Waals surface area contributed by atoms with E-state index in [2.05, 4.69) is 10.1 Å². The Kier molecular flexibility index (Phi) is 8.82. The Morgan fingerprint density at radius 1 is 0.886 bits per heavy atom. The topological polar surface area (TPSA) is 92.3 Å². The van der Waals surface area contributed by atoms with Gasteiger partial charge in [0.05, 0.1) is 19.8 Å². The number of halogens is 2. The maximum atomic E-state index is 12.4. The Labute approximate surface area is 200 Å². The van der Waals surface area contributed by atoms with Crippen LogP contribution in [0.1, 0.15) is 15.9 Å². The summed E-state index contributed by atoms with van der Waals surface area (Å²) in [5.74, 6) is 0.0206. The Balaban J connectivity index is 1.49. The van der Waals surface area contributed by atoms with Gasteiger partial charge in [-0.2, -0.15) is 8.78 Å². The number of rotatable bonds is 11. The zero-order valence-corrected chi connectivity index (χ0v) is 19.0. The van der Waals surface area contributed by atoms with Gasteiger partial charge in [0.1, 0.15) is 18.1 Å². The predicted molar refractivity (Wildman–Crippen MR) is 122 cm³/mol. The van der Waals surface area contributed by atoms with E-state index in [4.69, 9.17) is 18.9 Å². The van der Waals surface area contributed by atoms with Crippen molar-refractivity contribution in [3.63, 3.8) is 0 Å². The number of carbonyl (C=O) groups excluding carboxylic acids is 2. The van der Waals surface area contributed by atoms with Crippen molar-refractivity contribution >= 4 is 17.6 Å². The average molecular weight is 487 g/mol. The SMILES string of the molecule is COc1cccc(NC(=O)COc2ccc(C(=O)OCc3ccc(OC(F)F)c(OC)c3)cc2)c1. The molecule has 3 aromatic carbocycles. The smallest absolute Gasteiger partial charge is 0.387 e. The van der Waals surface area contributed by atoms with Gasteiger partial charge in [0.25, 0.3) is 5.91 Å². The highest BCUT2D eigenvalue weighted by Crippen LogP contribution is 2.29. The van der Waals surface area contributed by atoms with Gasteiger partial charge in [-0.15, -0.1) is 0 Å². The van der Waals surface area contributed by atoms with Gasteiger partial charge in [0.2, 0.25) is 0 Å².